The minimum Gasteiger partial charge on any atom is -0.369 e. The number of rotatable bonds is 6. The molecule has 1 aromatic rings. The van der Waals surface area contributed by atoms with Crippen LogP contribution >= 0.6 is 0 Å². The summed E-state index contributed by atoms with van der Waals surface area (Å²) in [6, 6.07) is 6.79. The second kappa shape index (κ2) is 6.35. The highest BCUT2D eigenvalue weighted by Crippen LogP contribution is 2.45. The van der Waals surface area contributed by atoms with E-state index in [2.05, 4.69) is 18.7 Å². The van der Waals surface area contributed by atoms with Gasteiger partial charge in [0.1, 0.15) is 5.82 Å². The maximum Gasteiger partial charge on any atom is 0.220 e. The first-order valence-electron chi connectivity index (χ1n) is 7.37. The van der Waals surface area contributed by atoms with E-state index in [1.807, 2.05) is 6.07 Å². The largest absolute Gasteiger partial charge is 0.369 e. The van der Waals surface area contributed by atoms with E-state index in [9.17, 15) is 9.18 Å². The van der Waals surface area contributed by atoms with E-state index in [1.165, 1.54) is 6.07 Å². The molecule has 2 N–H and O–H groups in total. The van der Waals surface area contributed by atoms with Crippen LogP contribution in [-0.2, 0) is 4.79 Å². The lowest BCUT2D eigenvalue weighted by Gasteiger charge is -2.45. The van der Waals surface area contributed by atoms with Gasteiger partial charge >= 0.3 is 0 Å². The molecule has 0 aromatic heterocycles. The Balaban J connectivity index is 2.32. The molecule has 3 unspecified atom stereocenters. The van der Waals surface area contributed by atoms with E-state index >= 15 is 0 Å². The molecule has 0 bridgehead atoms. The molecule has 0 aliphatic heterocycles. The summed E-state index contributed by atoms with van der Waals surface area (Å²) < 4.78 is 13.5. The van der Waals surface area contributed by atoms with E-state index in [0.717, 1.165) is 31.5 Å². The zero-order valence-corrected chi connectivity index (χ0v) is 12.2. The summed E-state index contributed by atoms with van der Waals surface area (Å²) in [6.07, 6.45) is 1.83. The van der Waals surface area contributed by atoms with Gasteiger partial charge in [0.25, 0.3) is 0 Å². The number of nitrogens with zero attached hydrogens (tertiary/aromatic N) is 1. The Hall–Kier alpha value is -1.42. The van der Waals surface area contributed by atoms with Crippen molar-refractivity contribution in [2.45, 2.75) is 32.7 Å². The van der Waals surface area contributed by atoms with Crippen molar-refractivity contribution in [1.82, 2.24) is 4.90 Å². The van der Waals surface area contributed by atoms with Crippen LogP contribution in [0, 0.1) is 17.7 Å². The first-order valence-corrected chi connectivity index (χ1v) is 7.37. The number of benzene rings is 1. The molecule has 0 saturated heterocycles. The van der Waals surface area contributed by atoms with Crippen LogP contribution in [0.5, 0.6) is 0 Å². The molecule has 3 atom stereocenters. The quantitative estimate of drug-likeness (QED) is 0.869. The third kappa shape index (κ3) is 2.85. The zero-order valence-electron chi connectivity index (χ0n) is 12.2. The van der Waals surface area contributed by atoms with Crippen molar-refractivity contribution in [1.29, 1.82) is 0 Å². The Morgan fingerprint density at radius 3 is 2.55 bits per heavy atom. The average molecular weight is 278 g/mol. The van der Waals surface area contributed by atoms with Crippen LogP contribution in [0.1, 0.15) is 38.3 Å². The standard InChI is InChI=1S/C16H23FN2O/c1-3-19(4-2)15(11-6-5-7-12(17)10-11)13-8-9-14(13)16(18)20/h5-7,10,13-15H,3-4,8-9H2,1-2H3,(H2,18,20). The van der Waals surface area contributed by atoms with Crippen LogP contribution in [0.25, 0.3) is 0 Å². The molecule has 0 radical (unpaired) electrons. The number of hydrogen-bond donors (Lipinski definition) is 1. The van der Waals surface area contributed by atoms with E-state index in [-0.39, 0.29) is 29.6 Å². The fourth-order valence-electron chi connectivity index (χ4n) is 3.29. The minimum atomic E-state index is -0.227. The molecule has 1 aliphatic carbocycles. The molecule has 4 heteroatoms. The lowest BCUT2D eigenvalue weighted by atomic mass is 9.67. The third-order valence-electron chi connectivity index (χ3n) is 4.49. The molecular formula is C16H23FN2O. The van der Waals surface area contributed by atoms with Crippen molar-refractivity contribution in [3.05, 3.63) is 35.6 Å². The monoisotopic (exact) mass is 278 g/mol. The molecule has 20 heavy (non-hydrogen) atoms. The number of carbonyl (C=O) groups excluding carboxylic acids is 1. The van der Waals surface area contributed by atoms with Crippen LogP contribution in [0.15, 0.2) is 24.3 Å². The lowest BCUT2D eigenvalue weighted by molar-refractivity contribution is -0.129. The molecule has 1 aromatic carbocycles. The topological polar surface area (TPSA) is 46.3 Å². The molecule has 3 nitrogen and oxygen atoms in total. The molecule has 1 amide bonds. The second-order valence-corrected chi connectivity index (χ2v) is 5.47. The highest BCUT2D eigenvalue weighted by Gasteiger charge is 2.42. The summed E-state index contributed by atoms with van der Waals surface area (Å²) in [5, 5.41) is 0. The summed E-state index contributed by atoms with van der Waals surface area (Å²) >= 11 is 0. The van der Waals surface area contributed by atoms with E-state index in [4.69, 9.17) is 5.73 Å². The van der Waals surface area contributed by atoms with E-state index in [0.29, 0.717) is 0 Å². The van der Waals surface area contributed by atoms with Crippen LogP contribution in [0.3, 0.4) is 0 Å². The summed E-state index contributed by atoms with van der Waals surface area (Å²) in [5.74, 6) is -0.331. The van der Waals surface area contributed by atoms with Gasteiger partial charge in [0.15, 0.2) is 0 Å². The molecule has 1 saturated carbocycles. The highest BCUT2D eigenvalue weighted by atomic mass is 19.1. The first-order chi connectivity index (χ1) is 9.58. The van der Waals surface area contributed by atoms with Crippen molar-refractivity contribution < 1.29 is 9.18 Å². The van der Waals surface area contributed by atoms with Crippen LogP contribution in [0.4, 0.5) is 4.39 Å². The van der Waals surface area contributed by atoms with Gasteiger partial charge in [0.05, 0.1) is 0 Å². The minimum absolute atomic E-state index is 0.0759. The Bertz CT molecular complexity index is 473. The van der Waals surface area contributed by atoms with Crippen LogP contribution in [0.2, 0.25) is 0 Å². The van der Waals surface area contributed by atoms with Crippen molar-refractivity contribution in [2.75, 3.05) is 13.1 Å². The van der Waals surface area contributed by atoms with Crippen molar-refractivity contribution in [2.24, 2.45) is 17.6 Å². The normalized spacial score (nSPS) is 23.4. The van der Waals surface area contributed by atoms with Gasteiger partial charge in [-0.05, 0) is 49.5 Å². The Labute approximate surface area is 120 Å². The van der Waals surface area contributed by atoms with Gasteiger partial charge in [-0.2, -0.15) is 0 Å². The number of carbonyl (C=O) groups is 1. The van der Waals surface area contributed by atoms with Gasteiger partial charge in [-0.3, -0.25) is 9.69 Å². The SMILES string of the molecule is CCN(CC)C(c1cccc(F)c1)C1CCC1C(N)=O. The smallest absolute Gasteiger partial charge is 0.220 e. The highest BCUT2D eigenvalue weighted by molar-refractivity contribution is 5.78. The number of halogens is 1. The number of hydrogen-bond acceptors (Lipinski definition) is 2. The summed E-state index contributed by atoms with van der Waals surface area (Å²) in [6.45, 7) is 5.93. The van der Waals surface area contributed by atoms with Gasteiger partial charge < -0.3 is 5.73 Å². The van der Waals surface area contributed by atoms with Gasteiger partial charge in [-0.1, -0.05) is 26.0 Å². The summed E-state index contributed by atoms with van der Waals surface area (Å²) in [5.41, 5.74) is 6.43. The number of amides is 1. The molecular weight excluding hydrogens is 255 g/mol. The maximum absolute atomic E-state index is 13.5. The summed E-state index contributed by atoms with van der Waals surface area (Å²) in [4.78, 5) is 13.8. The Morgan fingerprint density at radius 1 is 1.40 bits per heavy atom. The van der Waals surface area contributed by atoms with E-state index in [1.54, 1.807) is 12.1 Å². The number of nitrogens with two attached hydrogens (primary N) is 1. The first kappa shape index (κ1) is 15.0. The van der Waals surface area contributed by atoms with Gasteiger partial charge in [0.2, 0.25) is 5.91 Å². The summed E-state index contributed by atoms with van der Waals surface area (Å²) in [7, 11) is 0. The average Bonchev–Trinajstić information content (AvgIpc) is 2.36. The molecule has 0 heterocycles. The van der Waals surface area contributed by atoms with Gasteiger partial charge in [-0.15, -0.1) is 0 Å². The molecule has 0 spiro atoms. The Morgan fingerprint density at radius 2 is 2.10 bits per heavy atom. The second-order valence-electron chi connectivity index (χ2n) is 5.47. The molecule has 110 valence electrons. The zero-order chi connectivity index (χ0) is 14.7. The maximum atomic E-state index is 13.5. The van der Waals surface area contributed by atoms with Gasteiger partial charge in [0, 0.05) is 12.0 Å². The molecule has 1 aliphatic rings. The van der Waals surface area contributed by atoms with Crippen molar-refractivity contribution >= 4 is 5.91 Å². The third-order valence-corrected chi connectivity index (χ3v) is 4.49. The number of primary amides is 1. The van der Waals surface area contributed by atoms with Crippen molar-refractivity contribution in [3.63, 3.8) is 0 Å². The van der Waals surface area contributed by atoms with Crippen LogP contribution in [-0.4, -0.2) is 23.9 Å². The van der Waals surface area contributed by atoms with Crippen LogP contribution < -0.4 is 5.73 Å². The van der Waals surface area contributed by atoms with E-state index < -0.39 is 0 Å². The predicted molar refractivity (Wildman–Crippen MR) is 77.5 cm³/mol. The Kier molecular flexibility index (Phi) is 4.76. The fourth-order valence-corrected chi connectivity index (χ4v) is 3.29. The lowest BCUT2D eigenvalue weighted by Crippen LogP contribution is -2.46. The fraction of sp³-hybridized carbons (Fsp3) is 0.562. The van der Waals surface area contributed by atoms with Crippen molar-refractivity contribution in [3.8, 4) is 0 Å². The molecule has 2 rings (SSSR count). The molecule has 1 fully saturated rings. The van der Waals surface area contributed by atoms with Gasteiger partial charge in [-0.25, -0.2) is 4.39 Å². The predicted octanol–water partition coefficient (Wildman–Crippen LogP) is 2.72.